The van der Waals surface area contributed by atoms with Crippen molar-refractivity contribution in [2.45, 2.75) is 31.8 Å². The van der Waals surface area contributed by atoms with Gasteiger partial charge in [0.1, 0.15) is 18.5 Å². The second kappa shape index (κ2) is 11.3. The Hall–Kier alpha value is -2.08. The van der Waals surface area contributed by atoms with Crippen LogP contribution in [0.3, 0.4) is 0 Å². The lowest BCUT2D eigenvalue weighted by Crippen LogP contribution is -2.50. The van der Waals surface area contributed by atoms with Gasteiger partial charge in [0.15, 0.2) is 0 Å². The smallest absolute Gasteiger partial charge is 0.240 e. The topological polar surface area (TPSA) is 95.0 Å². The average molecular weight is 519 g/mol. The number of benzene rings is 2. The molecule has 1 fully saturated rings. The van der Waals surface area contributed by atoms with E-state index in [0.29, 0.717) is 24.5 Å². The minimum Gasteiger partial charge on any atom is -0.491 e. The van der Waals surface area contributed by atoms with Crippen LogP contribution in [0.1, 0.15) is 16.1 Å². The zero-order chi connectivity index (χ0) is 25.0. The standard InChI is InChI=1S/C25H34N4O4S2/c1-18-4-5-19(2)25(14-18)35(31,32)26-8-9-28-10-12-29(13-11-28)16-21(30)17-33-22-6-7-24-23(15-22)27-20(3)34-24/h4-7,14-15,21,26,30H,8-13,16-17H2,1-3H3/t21-/m1/s1. The van der Waals surface area contributed by atoms with E-state index < -0.39 is 16.1 Å². The lowest BCUT2D eigenvalue weighted by atomic mass is 10.2. The summed E-state index contributed by atoms with van der Waals surface area (Å²) in [5, 5.41) is 11.5. The van der Waals surface area contributed by atoms with E-state index in [2.05, 4.69) is 19.5 Å². The number of ether oxygens (including phenoxy) is 1. The summed E-state index contributed by atoms with van der Waals surface area (Å²) in [6.45, 7) is 10.8. The number of aromatic nitrogens is 1. The molecule has 2 aromatic carbocycles. The van der Waals surface area contributed by atoms with Crippen LogP contribution in [0.2, 0.25) is 0 Å². The summed E-state index contributed by atoms with van der Waals surface area (Å²) < 4.78 is 35.0. The van der Waals surface area contributed by atoms with Crippen molar-refractivity contribution in [3.8, 4) is 5.75 Å². The molecule has 4 rings (SSSR count). The van der Waals surface area contributed by atoms with Gasteiger partial charge < -0.3 is 9.84 Å². The maximum absolute atomic E-state index is 12.7. The minimum absolute atomic E-state index is 0.231. The van der Waals surface area contributed by atoms with Gasteiger partial charge in [0.05, 0.1) is 20.1 Å². The van der Waals surface area contributed by atoms with Crippen LogP contribution in [0.4, 0.5) is 0 Å². The molecule has 3 aromatic rings. The number of rotatable bonds is 10. The molecule has 0 saturated carbocycles. The quantitative estimate of drug-likeness (QED) is 0.426. The zero-order valence-electron chi connectivity index (χ0n) is 20.5. The molecule has 0 unspecified atom stereocenters. The molecule has 0 amide bonds. The molecule has 0 spiro atoms. The third kappa shape index (κ3) is 6.99. The zero-order valence-corrected chi connectivity index (χ0v) is 22.2. The van der Waals surface area contributed by atoms with E-state index in [-0.39, 0.29) is 6.61 Å². The normalized spacial score (nSPS) is 16.6. The van der Waals surface area contributed by atoms with Gasteiger partial charge in [-0.25, -0.2) is 18.1 Å². The number of fused-ring (bicyclic) bond motifs is 1. The molecule has 0 radical (unpaired) electrons. The van der Waals surface area contributed by atoms with Crippen molar-refractivity contribution >= 4 is 31.6 Å². The highest BCUT2D eigenvalue weighted by atomic mass is 32.2. The molecule has 1 aliphatic rings. The van der Waals surface area contributed by atoms with Crippen LogP contribution in [0.5, 0.6) is 5.75 Å². The fourth-order valence-electron chi connectivity index (χ4n) is 4.26. The predicted octanol–water partition coefficient (Wildman–Crippen LogP) is 2.56. The van der Waals surface area contributed by atoms with Gasteiger partial charge in [-0.1, -0.05) is 12.1 Å². The highest BCUT2D eigenvalue weighted by molar-refractivity contribution is 7.89. The Morgan fingerprint density at radius 1 is 1.09 bits per heavy atom. The Bertz CT molecular complexity index is 1250. The SMILES string of the molecule is Cc1ccc(C)c(S(=O)(=O)NCCN2CCN(C[C@@H](O)COc3ccc4sc(C)nc4c3)CC2)c1. The van der Waals surface area contributed by atoms with Gasteiger partial charge >= 0.3 is 0 Å². The molecule has 1 atom stereocenters. The van der Waals surface area contributed by atoms with Crippen LogP contribution in [-0.4, -0.2) is 86.8 Å². The molecule has 8 nitrogen and oxygen atoms in total. The number of thiazole rings is 1. The van der Waals surface area contributed by atoms with Crippen LogP contribution in [0.25, 0.3) is 10.2 Å². The Balaban J connectivity index is 1.16. The lowest BCUT2D eigenvalue weighted by molar-refractivity contribution is 0.0465. The summed E-state index contributed by atoms with van der Waals surface area (Å²) >= 11 is 1.65. The van der Waals surface area contributed by atoms with Gasteiger partial charge in [0.2, 0.25) is 10.0 Å². The number of hydrogen-bond acceptors (Lipinski definition) is 8. The first-order valence-corrected chi connectivity index (χ1v) is 14.2. The van der Waals surface area contributed by atoms with Gasteiger partial charge in [-0.05, 0) is 50.1 Å². The van der Waals surface area contributed by atoms with Gasteiger partial charge in [-0.15, -0.1) is 11.3 Å². The van der Waals surface area contributed by atoms with Crippen LogP contribution in [0, 0.1) is 20.8 Å². The maximum atomic E-state index is 12.7. The molecule has 35 heavy (non-hydrogen) atoms. The van der Waals surface area contributed by atoms with E-state index in [9.17, 15) is 13.5 Å². The minimum atomic E-state index is -3.52. The number of aliphatic hydroxyl groups excluding tert-OH is 1. The first-order valence-electron chi connectivity index (χ1n) is 11.9. The van der Waals surface area contributed by atoms with Crippen LogP contribution in [0.15, 0.2) is 41.3 Å². The van der Waals surface area contributed by atoms with E-state index in [1.807, 2.05) is 51.1 Å². The highest BCUT2D eigenvalue weighted by Gasteiger charge is 2.21. The van der Waals surface area contributed by atoms with Crippen LogP contribution < -0.4 is 9.46 Å². The average Bonchev–Trinajstić information content (AvgIpc) is 3.19. The molecule has 2 N–H and O–H groups in total. The number of aryl methyl sites for hydroxylation is 3. The molecule has 1 aliphatic heterocycles. The molecular formula is C25H34N4O4S2. The number of nitrogens with zero attached hydrogens (tertiary/aromatic N) is 3. The number of piperazine rings is 1. The summed E-state index contributed by atoms with van der Waals surface area (Å²) in [6, 6.07) is 11.3. The van der Waals surface area contributed by atoms with Gasteiger partial charge in [-0.3, -0.25) is 9.80 Å². The molecule has 0 bridgehead atoms. The Kier molecular flexibility index (Phi) is 8.41. The van der Waals surface area contributed by atoms with Crippen molar-refractivity contribution < 1.29 is 18.3 Å². The number of sulfonamides is 1. The Morgan fingerprint density at radius 3 is 2.60 bits per heavy atom. The van der Waals surface area contributed by atoms with Crippen molar-refractivity contribution in [3.05, 3.63) is 52.5 Å². The fraction of sp³-hybridized carbons (Fsp3) is 0.480. The van der Waals surface area contributed by atoms with Crippen molar-refractivity contribution in [2.75, 3.05) is 52.4 Å². The third-order valence-electron chi connectivity index (χ3n) is 6.20. The fourth-order valence-corrected chi connectivity index (χ4v) is 6.42. The third-order valence-corrected chi connectivity index (χ3v) is 8.75. The van der Waals surface area contributed by atoms with Crippen molar-refractivity contribution in [1.29, 1.82) is 0 Å². The van der Waals surface area contributed by atoms with Crippen LogP contribution >= 0.6 is 11.3 Å². The second-order valence-corrected chi connectivity index (χ2v) is 12.1. The van der Waals surface area contributed by atoms with E-state index in [4.69, 9.17) is 4.74 Å². The maximum Gasteiger partial charge on any atom is 0.240 e. The van der Waals surface area contributed by atoms with E-state index >= 15 is 0 Å². The van der Waals surface area contributed by atoms with Crippen molar-refractivity contribution in [1.82, 2.24) is 19.5 Å². The molecule has 1 aromatic heterocycles. The summed E-state index contributed by atoms with van der Waals surface area (Å²) in [4.78, 5) is 9.30. The molecule has 1 saturated heterocycles. The Morgan fingerprint density at radius 2 is 1.83 bits per heavy atom. The molecule has 2 heterocycles. The van der Waals surface area contributed by atoms with Crippen LogP contribution in [-0.2, 0) is 10.0 Å². The predicted molar refractivity (Wildman–Crippen MR) is 140 cm³/mol. The van der Waals surface area contributed by atoms with Gasteiger partial charge in [0.25, 0.3) is 0 Å². The second-order valence-electron chi connectivity index (χ2n) is 9.14. The highest BCUT2D eigenvalue weighted by Crippen LogP contribution is 2.25. The van der Waals surface area contributed by atoms with Gasteiger partial charge in [-0.2, -0.15) is 0 Å². The Labute approximate surface area is 211 Å². The van der Waals surface area contributed by atoms with E-state index in [0.717, 1.165) is 58.3 Å². The molecule has 0 aliphatic carbocycles. The summed E-state index contributed by atoms with van der Waals surface area (Å²) in [5.41, 5.74) is 2.60. The first kappa shape index (κ1) is 26.0. The van der Waals surface area contributed by atoms with E-state index in [1.54, 1.807) is 17.4 Å². The summed E-state index contributed by atoms with van der Waals surface area (Å²) in [7, 11) is -3.52. The first-order chi connectivity index (χ1) is 16.7. The lowest BCUT2D eigenvalue weighted by Gasteiger charge is -2.35. The molecule has 190 valence electrons. The summed E-state index contributed by atoms with van der Waals surface area (Å²) in [5.74, 6) is 0.718. The largest absolute Gasteiger partial charge is 0.491 e. The number of β-amino-alcohol motifs (C(OH)–C–C–N with tert-alkyl or cyclic N) is 1. The van der Waals surface area contributed by atoms with Crippen molar-refractivity contribution in [2.24, 2.45) is 0 Å². The molecule has 10 heteroatoms. The number of nitrogens with one attached hydrogen (secondary N) is 1. The van der Waals surface area contributed by atoms with Crippen molar-refractivity contribution in [3.63, 3.8) is 0 Å². The monoisotopic (exact) mass is 518 g/mol. The molecular weight excluding hydrogens is 484 g/mol. The van der Waals surface area contributed by atoms with E-state index in [1.165, 1.54) is 0 Å². The number of hydrogen-bond donors (Lipinski definition) is 2. The summed E-state index contributed by atoms with van der Waals surface area (Å²) in [6.07, 6.45) is -0.584. The van der Waals surface area contributed by atoms with Gasteiger partial charge in [0, 0.05) is 51.9 Å². The number of aliphatic hydroxyl groups is 1.